The van der Waals surface area contributed by atoms with Gasteiger partial charge in [-0.1, -0.05) is 32.0 Å². The fourth-order valence-electron chi connectivity index (χ4n) is 1.88. The standard InChI is InChI=1S/C14H22ClNO/c1-11(2)13(8-9-15)16-10-12-6-4-5-7-14(12)17-3/h4-7,11,13,16H,8-10H2,1-3H3. The molecule has 0 heterocycles. The van der Waals surface area contributed by atoms with Crippen LogP contribution in [0.3, 0.4) is 0 Å². The summed E-state index contributed by atoms with van der Waals surface area (Å²) in [4.78, 5) is 0. The SMILES string of the molecule is COc1ccccc1CNC(CCCl)C(C)C. The number of alkyl halides is 1. The lowest BCUT2D eigenvalue weighted by molar-refractivity contribution is 0.376. The Morgan fingerprint density at radius 3 is 2.59 bits per heavy atom. The maximum absolute atomic E-state index is 5.82. The molecule has 0 aliphatic carbocycles. The average Bonchev–Trinajstić information content (AvgIpc) is 2.34. The predicted molar refractivity (Wildman–Crippen MR) is 73.8 cm³/mol. The minimum Gasteiger partial charge on any atom is -0.496 e. The molecule has 1 N–H and O–H groups in total. The monoisotopic (exact) mass is 255 g/mol. The van der Waals surface area contributed by atoms with Crippen molar-refractivity contribution < 1.29 is 4.74 Å². The molecule has 0 spiro atoms. The van der Waals surface area contributed by atoms with Gasteiger partial charge in [0.15, 0.2) is 0 Å². The first kappa shape index (κ1) is 14.3. The van der Waals surface area contributed by atoms with Crippen molar-refractivity contribution in [3.05, 3.63) is 29.8 Å². The number of hydrogen-bond donors (Lipinski definition) is 1. The summed E-state index contributed by atoms with van der Waals surface area (Å²) >= 11 is 5.82. The lowest BCUT2D eigenvalue weighted by atomic mass is 10.0. The molecule has 0 aliphatic rings. The van der Waals surface area contributed by atoms with E-state index in [2.05, 4.69) is 25.2 Å². The molecule has 1 aromatic carbocycles. The minimum atomic E-state index is 0.456. The van der Waals surface area contributed by atoms with E-state index >= 15 is 0 Å². The largest absolute Gasteiger partial charge is 0.496 e. The molecule has 1 unspecified atom stereocenters. The van der Waals surface area contributed by atoms with Crippen LogP contribution in [0.25, 0.3) is 0 Å². The second-order valence-corrected chi connectivity index (χ2v) is 4.90. The van der Waals surface area contributed by atoms with Gasteiger partial charge in [0.25, 0.3) is 0 Å². The molecular weight excluding hydrogens is 234 g/mol. The number of benzene rings is 1. The maximum Gasteiger partial charge on any atom is 0.123 e. The molecule has 0 bridgehead atoms. The van der Waals surface area contributed by atoms with Gasteiger partial charge in [0.1, 0.15) is 5.75 Å². The van der Waals surface area contributed by atoms with Crippen molar-refractivity contribution >= 4 is 11.6 Å². The Kier molecular flexibility index (Phi) is 6.38. The molecule has 1 rings (SSSR count). The Balaban J connectivity index is 2.58. The normalized spacial score (nSPS) is 12.8. The van der Waals surface area contributed by atoms with Crippen LogP contribution < -0.4 is 10.1 Å². The second kappa shape index (κ2) is 7.57. The highest BCUT2D eigenvalue weighted by molar-refractivity contribution is 6.17. The van der Waals surface area contributed by atoms with Crippen molar-refractivity contribution in [3.63, 3.8) is 0 Å². The average molecular weight is 256 g/mol. The van der Waals surface area contributed by atoms with E-state index in [1.165, 1.54) is 5.56 Å². The third kappa shape index (κ3) is 4.57. The third-order valence-corrected chi connectivity index (χ3v) is 3.19. The van der Waals surface area contributed by atoms with Crippen LogP contribution in [0.2, 0.25) is 0 Å². The van der Waals surface area contributed by atoms with E-state index in [0.29, 0.717) is 17.8 Å². The molecule has 0 aliphatic heterocycles. The summed E-state index contributed by atoms with van der Waals surface area (Å²) < 4.78 is 5.33. The Morgan fingerprint density at radius 2 is 2.00 bits per heavy atom. The van der Waals surface area contributed by atoms with Gasteiger partial charge in [-0.3, -0.25) is 0 Å². The summed E-state index contributed by atoms with van der Waals surface area (Å²) in [5, 5.41) is 3.55. The number of ether oxygens (including phenoxy) is 1. The topological polar surface area (TPSA) is 21.3 Å². The van der Waals surface area contributed by atoms with Gasteiger partial charge in [0.2, 0.25) is 0 Å². The van der Waals surface area contributed by atoms with Crippen LogP contribution in [0.1, 0.15) is 25.8 Å². The van der Waals surface area contributed by atoms with Gasteiger partial charge in [0.05, 0.1) is 7.11 Å². The molecule has 2 nitrogen and oxygen atoms in total. The fourth-order valence-corrected chi connectivity index (χ4v) is 2.11. The van der Waals surface area contributed by atoms with Gasteiger partial charge >= 0.3 is 0 Å². The van der Waals surface area contributed by atoms with Crippen LogP contribution in [-0.4, -0.2) is 19.0 Å². The van der Waals surface area contributed by atoms with E-state index in [1.807, 2.05) is 18.2 Å². The first-order valence-corrected chi connectivity index (χ1v) is 6.63. The minimum absolute atomic E-state index is 0.456. The Hall–Kier alpha value is -0.730. The van der Waals surface area contributed by atoms with Crippen molar-refractivity contribution in [2.45, 2.75) is 32.9 Å². The zero-order valence-electron chi connectivity index (χ0n) is 10.9. The lowest BCUT2D eigenvalue weighted by Crippen LogP contribution is -2.33. The maximum atomic E-state index is 5.82. The fraction of sp³-hybridized carbons (Fsp3) is 0.571. The van der Waals surface area contributed by atoms with Gasteiger partial charge in [-0.05, 0) is 18.4 Å². The number of hydrogen-bond acceptors (Lipinski definition) is 2. The summed E-state index contributed by atoms with van der Waals surface area (Å²) in [7, 11) is 1.71. The summed E-state index contributed by atoms with van der Waals surface area (Å²) in [6.45, 7) is 5.25. The molecule has 1 aromatic rings. The smallest absolute Gasteiger partial charge is 0.123 e. The van der Waals surface area contributed by atoms with Crippen molar-refractivity contribution in [2.75, 3.05) is 13.0 Å². The van der Waals surface area contributed by atoms with Crippen molar-refractivity contribution in [2.24, 2.45) is 5.92 Å². The molecular formula is C14H22ClNO. The molecule has 0 saturated heterocycles. The highest BCUT2D eigenvalue weighted by Crippen LogP contribution is 2.18. The van der Waals surface area contributed by atoms with E-state index in [9.17, 15) is 0 Å². The van der Waals surface area contributed by atoms with Crippen LogP contribution in [0.4, 0.5) is 0 Å². The van der Waals surface area contributed by atoms with Crippen LogP contribution in [0.5, 0.6) is 5.75 Å². The summed E-state index contributed by atoms with van der Waals surface area (Å²) in [5.41, 5.74) is 1.19. The lowest BCUT2D eigenvalue weighted by Gasteiger charge is -2.22. The van der Waals surface area contributed by atoms with Gasteiger partial charge in [-0.15, -0.1) is 11.6 Å². The van der Waals surface area contributed by atoms with E-state index in [-0.39, 0.29) is 0 Å². The van der Waals surface area contributed by atoms with Crippen LogP contribution >= 0.6 is 11.6 Å². The number of para-hydroxylation sites is 1. The first-order chi connectivity index (χ1) is 8.19. The molecule has 0 radical (unpaired) electrons. The third-order valence-electron chi connectivity index (χ3n) is 2.97. The summed E-state index contributed by atoms with van der Waals surface area (Å²) in [6.07, 6.45) is 0.994. The number of rotatable bonds is 7. The van der Waals surface area contributed by atoms with Gasteiger partial charge in [0, 0.05) is 24.0 Å². The molecule has 0 saturated carbocycles. The molecule has 96 valence electrons. The van der Waals surface area contributed by atoms with E-state index in [1.54, 1.807) is 7.11 Å². The van der Waals surface area contributed by atoms with Crippen LogP contribution in [0.15, 0.2) is 24.3 Å². The van der Waals surface area contributed by atoms with Crippen LogP contribution in [-0.2, 0) is 6.54 Å². The second-order valence-electron chi connectivity index (χ2n) is 4.52. The molecule has 17 heavy (non-hydrogen) atoms. The number of halogens is 1. The van der Waals surface area contributed by atoms with Crippen molar-refractivity contribution in [1.82, 2.24) is 5.32 Å². The Bertz CT molecular complexity index is 328. The zero-order chi connectivity index (χ0) is 12.7. The first-order valence-electron chi connectivity index (χ1n) is 6.10. The number of nitrogens with one attached hydrogen (secondary N) is 1. The summed E-state index contributed by atoms with van der Waals surface area (Å²) in [5.74, 6) is 2.22. The van der Waals surface area contributed by atoms with Crippen LogP contribution in [0, 0.1) is 5.92 Å². The summed E-state index contributed by atoms with van der Waals surface area (Å²) in [6, 6.07) is 8.55. The van der Waals surface area contributed by atoms with Crippen molar-refractivity contribution in [1.29, 1.82) is 0 Å². The quantitative estimate of drug-likeness (QED) is 0.754. The van der Waals surface area contributed by atoms with Crippen molar-refractivity contribution in [3.8, 4) is 5.75 Å². The van der Waals surface area contributed by atoms with Gasteiger partial charge < -0.3 is 10.1 Å². The van der Waals surface area contributed by atoms with E-state index < -0.39 is 0 Å². The van der Waals surface area contributed by atoms with Gasteiger partial charge in [-0.2, -0.15) is 0 Å². The molecule has 3 heteroatoms. The zero-order valence-corrected chi connectivity index (χ0v) is 11.6. The van der Waals surface area contributed by atoms with E-state index in [0.717, 1.165) is 18.7 Å². The predicted octanol–water partition coefficient (Wildman–Crippen LogP) is 3.44. The van der Waals surface area contributed by atoms with E-state index in [4.69, 9.17) is 16.3 Å². The highest BCUT2D eigenvalue weighted by Gasteiger charge is 2.12. The molecule has 1 atom stereocenters. The molecule has 0 fully saturated rings. The Labute approximate surface area is 109 Å². The molecule has 0 amide bonds. The Morgan fingerprint density at radius 1 is 1.29 bits per heavy atom. The van der Waals surface area contributed by atoms with Gasteiger partial charge in [-0.25, -0.2) is 0 Å². The highest BCUT2D eigenvalue weighted by atomic mass is 35.5. The number of methoxy groups -OCH3 is 1. The molecule has 0 aromatic heterocycles.